The number of nitrogens with zero attached hydrogens (tertiary/aromatic N) is 4. The molecule has 6 nitrogen and oxygen atoms in total. The van der Waals surface area contributed by atoms with Gasteiger partial charge in [0.05, 0.1) is 23.3 Å². The Morgan fingerprint density at radius 1 is 1.08 bits per heavy atom. The molecule has 0 radical (unpaired) electrons. The van der Waals surface area contributed by atoms with Crippen LogP contribution in [0.5, 0.6) is 0 Å². The zero-order chi connectivity index (χ0) is 27.7. The normalized spacial score (nSPS) is 13.4. The zero-order valence-corrected chi connectivity index (χ0v) is 23.1. The first kappa shape index (κ1) is 32.3. The van der Waals surface area contributed by atoms with Gasteiger partial charge < -0.3 is 9.64 Å². The smallest absolute Gasteiger partial charge is 0.179 e. The number of likely N-dealkylation sites (tertiary alicyclic amines) is 1. The van der Waals surface area contributed by atoms with E-state index in [-0.39, 0.29) is 11.7 Å². The van der Waals surface area contributed by atoms with E-state index < -0.39 is 0 Å². The lowest BCUT2D eigenvalue weighted by atomic mass is 9.88. The van der Waals surface area contributed by atoms with Gasteiger partial charge in [0, 0.05) is 38.8 Å². The van der Waals surface area contributed by atoms with E-state index in [1.807, 2.05) is 51.7 Å². The number of ether oxygens (including phenoxy) is 1. The van der Waals surface area contributed by atoms with Crippen LogP contribution in [0.1, 0.15) is 75.0 Å². The third-order valence-electron chi connectivity index (χ3n) is 5.40. The van der Waals surface area contributed by atoms with Crippen LogP contribution in [0.15, 0.2) is 36.4 Å². The fraction of sp³-hybridized carbons (Fsp3) is 0.467. The number of hydrogen-bond donors (Lipinski definition) is 0. The molecule has 1 heterocycles. The van der Waals surface area contributed by atoms with Crippen LogP contribution < -0.4 is 0 Å². The van der Waals surface area contributed by atoms with Crippen LogP contribution in [0.4, 0.5) is 0 Å². The molecule has 1 saturated heterocycles. The minimum Gasteiger partial charge on any atom is -0.388 e. The maximum Gasteiger partial charge on any atom is 0.179 e. The first-order valence-electron chi connectivity index (χ1n) is 12.4. The topological polar surface area (TPSA) is 101 Å². The van der Waals surface area contributed by atoms with E-state index in [1.165, 1.54) is 6.42 Å². The summed E-state index contributed by atoms with van der Waals surface area (Å²) < 4.78 is 4.25. The average molecular weight is 489 g/mol. The molecule has 0 aromatic heterocycles. The Bertz CT molecular complexity index is 1090. The van der Waals surface area contributed by atoms with Crippen LogP contribution in [0, 0.1) is 46.0 Å². The molecule has 36 heavy (non-hydrogen) atoms. The molecule has 0 aliphatic carbocycles. The van der Waals surface area contributed by atoms with Crippen LogP contribution in [-0.2, 0) is 11.2 Å². The van der Waals surface area contributed by atoms with Gasteiger partial charge >= 0.3 is 0 Å². The second-order valence-corrected chi connectivity index (χ2v) is 8.57. The summed E-state index contributed by atoms with van der Waals surface area (Å²) in [6.45, 7) is 13.8. The maximum atomic E-state index is 12.5. The third-order valence-corrected chi connectivity index (χ3v) is 5.40. The van der Waals surface area contributed by atoms with Gasteiger partial charge in [-0.2, -0.15) is 15.8 Å². The van der Waals surface area contributed by atoms with E-state index in [9.17, 15) is 10.1 Å². The highest BCUT2D eigenvalue weighted by molar-refractivity contribution is 6.00. The van der Waals surface area contributed by atoms with Crippen molar-refractivity contribution in [3.8, 4) is 29.5 Å². The zero-order valence-electron chi connectivity index (χ0n) is 23.1. The predicted octanol–water partition coefficient (Wildman–Crippen LogP) is 6.60. The lowest BCUT2D eigenvalue weighted by Crippen LogP contribution is -2.12. The lowest BCUT2D eigenvalue weighted by Gasteiger charge is -2.14. The van der Waals surface area contributed by atoms with Gasteiger partial charge in [-0.15, -0.1) is 0 Å². The largest absolute Gasteiger partial charge is 0.388 e. The first-order chi connectivity index (χ1) is 17.3. The first-order valence-corrected chi connectivity index (χ1v) is 12.4. The molecule has 0 N–H and O–H groups in total. The van der Waals surface area contributed by atoms with Crippen molar-refractivity contribution in [2.24, 2.45) is 11.8 Å². The van der Waals surface area contributed by atoms with E-state index >= 15 is 0 Å². The van der Waals surface area contributed by atoms with Crippen LogP contribution >= 0.6 is 0 Å². The van der Waals surface area contributed by atoms with Crippen LogP contribution in [0.2, 0.25) is 0 Å². The summed E-state index contributed by atoms with van der Waals surface area (Å²) in [5.41, 5.74) is 4.11. The van der Waals surface area contributed by atoms with Crippen LogP contribution in [0.3, 0.4) is 0 Å². The van der Waals surface area contributed by atoms with Crippen molar-refractivity contribution < 1.29 is 9.53 Å². The molecule has 1 aliphatic rings. The Balaban J connectivity index is 0.000000778. The fourth-order valence-corrected chi connectivity index (χ4v) is 3.64. The highest BCUT2D eigenvalue weighted by Crippen LogP contribution is 2.28. The maximum absolute atomic E-state index is 12.5. The molecule has 2 aromatic rings. The van der Waals surface area contributed by atoms with Gasteiger partial charge in [-0.25, -0.2) is 0 Å². The summed E-state index contributed by atoms with van der Waals surface area (Å²) in [7, 11) is 3.25. The Morgan fingerprint density at radius 3 is 2.14 bits per heavy atom. The van der Waals surface area contributed by atoms with Gasteiger partial charge in [-0.05, 0) is 59.7 Å². The SMILES string of the molecule is CC.CC1CCN(C#N)C1.CCc1c(C#N)cc(-c2cccc(C#N)c2)cc1C(=O)C(C)C.COC. The van der Waals surface area contributed by atoms with E-state index in [2.05, 4.69) is 30.0 Å². The summed E-state index contributed by atoms with van der Waals surface area (Å²) in [4.78, 5) is 14.3. The van der Waals surface area contributed by atoms with Gasteiger partial charge in [-0.1, -0.05) is 53.7 Å². The molecule has 6 heteroatoms. The summed E-state index contributed by atoms with van der Waals surface area (Å²) in [6.07, 6.45) is 3.95. The number of benzene rings is 2. The molecule has 0 bridgehead atoms. The van der Waals surface area contributed by atoms with E-state index in [1.54, 1.807) is 38.5 Å². The Kier molecular flexibility index (Phi) is 15.9. The highest BCUT2D eigenvalue weighted by atomic mass is 16.4. The molecule has 192 valence electrons. The number of hydrogen-bond acceptors (Lipinski definition) is 6. The lowest BCUT2D eigenvalue weighted by molar-refractivity contribution is 0.0938. The summed E-state index contributed by atoms with van der Waals surface area (Å²) in [6, 6.07) is 15.1. The minimum atomic E-state index is -0.132. The molecule has 1 unspecified atom stereocenters. The number of ketones is 1. The predicted molar refractivity (Wildman–Crippen MR) is 145 cm³/mol. The van der Waals surface area contributed by atoms with Crippen molar-refractivity contribution in [3.63, 3.8) is 0 Å². The molecule has 1 aliphatic heterocycles. The van der Waals surface area contributed by atoms with Crippen molar-refractivity contribution >= 4 is 5.78 Å². The van der Waals surface area contributed by atoms with E-state index in [0.29, 0.717) is 23.1 Å². The Labute approximate surface area is 217 Å². The van der Waals surface area contributed by atoms with Crippen molar-refractivity contribution in [2.75, 3.05) is 27.3 Å². The number of Topliss-reactive ketones (excluding diaryl/α,β-unsaturated/α-hetero) is 1. The van der Waals surface area contributed by atoms with Gasteiger partial charge in [0.2, 0.25) is 0 Å². The molecule has 2 aromatic carbocycles. The molecule has 0 spiro atoms. The van der Waals surface area contributed by atoms with Crippen molar-refractivity contribution in [1.82, 2.24) is 4.90 Å². The van der Waals surface area contributed by atoms with Gasteiger partial charge in [-0.3, -0.25) is 4.79 Å². The standard InChI is InChI=1S/C20H18N2O.C6H10N2.C2H6O.C2H6/c1-4-18-17(12-22)9-16(10-19(18)20(23)13(2)3)15-7-5-6-14(8-15)11-21;1-6-2-3-8(4-6)5-7;1-3-2;1-2/h5-10,13H,4H2,1-3H3;6H,2-4H2,1H3;1-2H3;1-2H3. The molecular formula is C30H40N4O2. The number of carbonyl (C=O) groups is 1. The fourth-order valence-electron chi connectivity index (χ4n) is 3.64. The minimum absolute atomic E-state index is 0.0386. The van der Waals surface area contributed by atoms with Crippen LogP contribution in [-0.4, -0.2) is 38.0 Å². The molecule has 1 atom stereocenters. The van der Waals surface area contributed by atoms with E-state index in [0.717, 1.165) is 35.7 Å². The number of rotatable bonds is 4. The number of nitriles is 3. The van der Waals surface area contributed by atoms with Gasteiger partial charge in [0.25, 0.3) is 0 Å². The Morgan fingerprint density at radius 2 is 1.72 bits per heavy atom. The second kappa shape index (κ2) is 17.7. The highest BCUT2D eigenvalue weighted by Gasteiger charge is 2.19. The van der Waals surface area contributed by atoms with Crippen molar-refractivity contribution in [3.05, 3.63) is 58.7 Å². The third kappa shape index (κ3) is 9.91. The van der Waals surface area contributed by atoms with Gasteiger partial charge in [0.1, 0.15) is 0 Å². The second-order valence-electron chi connectivity index (χ2n) is 8.57. The number of carbonyl (C=O) groups excluding carboxylic acids is 1. The van der Waals surface area contributed by atoms with Crippen molar-refractivity contribution in [1.29, 1.82) is 15.8 Å². The monoisotopic (exact) mass is 488 g/mol. The van der Waals surface area contributed by atoms with E-state index in [4.69, 9.17) is 10.5 Å². The molecule has 1 fully saturated rings. The molecule has 0 amide bonds. The summed E-state index contributed by atoms with van der Waals surface area (Å²) in [5.74, 6) is 0.638. The molecule has 3 rings (SSSR count). The van der Waals surface area contributed by atoms with Crippen LogP contribution in [0.25, 0.3) is 11.1 Å². The van der Waals surface area contributed by atoms with Gasteiger partial charge in [0.15, 0.2) is 12.0 Å². The quantitative estimate of drug-likeness (QED) is 0.355. The average Bonchev–Trinajstić information content (AvgIpc) is 3.34. The summed E-state index contributed by atoms with van der Waals surface area (Å²) >= 11 is 0. The van der Waals surface area contributed by atoms with Crippen molar-refractivity contribution in [2.45, 2.75) is 54.4 Å². The summed E-state index contributed by atoms with van der Waals surface area (Å²) in [5, 5.41) is 26.9. The Hall–Kier alpha value is -3.66. The molecule has 0 saturated carbocycles. The molecular weight excluding hydrogens is 448 g/mol. The number of methoxy groups -OCH3 is 1.